The monoisotopic (exact) mass is 313 g/mol. The van der Waals surface area contributed by atoms with Crippen LogP contribution < -0.4 is 5.32 Å². The Morgan fingerprint density at radius 2 is 1.96 bits per heavy atom. The van der Waals surface area contributed by atoms with E-state index in [4.69, 9.17) is 4.74 Å². The number of carbonyl (C=O) groups is 2. The number of phenols is 1. The number of hydrogen-bond acceptors (Lipinski definition) is 4. The van der Waals surface area contributed by atoms with Crippen molar-refractivity contribution < 1.29 is 19.4 Å². The zero-order valence-corrected chi connectivity index (χ0v) is 13.2. The third kappa shape index (κ3) is 3.69. The maximum Gasteiger partial charge on any atom is 0.333 e. The second kappa shape index (κ2) is 6.96. The molecular weight excluding hydrogens is 294 g/mol. The Hall–Kier alpha value is -2.82. The number of rotatable bonds is 5. The van der Waals surface area contributed by atoms with E-state index in [2.05, 4.69) is 11.9 Å². The van der Waals surface area contributed by atoms with Crippen molar-refractivity contribution in [2.75, 3.05) is 13.2 Å². The molecule has 0 saturated heterocycles. The molecule has 0 aliphatic rings. The Kier molecular flexibility index (Phi) is 5.01. The molecule has 0 saturated carbocycles. The molecule has 0 aromatic heterocycles. The van der Waals surface area contributed by atoms with Crippen molar-refractivity contribution in [3.63, 3.8) is 0 Å². The number of hydrogen-bond donors (Lipinski definition) is 2. The van der Waals surface area contributed by atoms with Gasteiger partial charge in [0.1, 0.15) is 12.4 Å². The van der Waals surface area contributed by atoms with Crippen LogP contribution in [0.25, 0.3) is 10.8 Å². The summed E-state index contributed by atoms with van der Waals surface area (Å²) in [6.07, 6.45) is 0. The molecule has 5 heteroatoms. The van der Waals surface area contributed by atoms with E-state index in [9.17, 15) is 14.7 Å². The third-order valence-electron chi connectivity index (χ3n) is 3.46. The Balaban J connectivity index is 2.06. The lowest BCUT2D eigenvalue weighted by atomic mass is 10.0. The topological polar surface area (TPSA) is 75.6 Å². The number of amides is 1. The van der Waals surface area contributed by atoms with Gasteiger partial charge in [-0.2, -0.15) is 0 Å². The number of aromatic hydroxyl groups is 1. The number of carbonyl (C=O) groups excluding carboxylic acids is 2. The highest BCUT2D eigenvalue weighted by atomic mass is 16.5. The molecular formula is C18H19NO4. The van der Waals surface area contributed by atoms with E-state index in [0.29, 0.717) is 11.0 Å². The average molecular weight is 313 g/mol. The van der Waals surface area contributed by atoms with Gasteiger partial charge in [-0.25, -0.2) is 4.79 Å². The van der Waals surface area contributed by atoms with Gasteiger partial charge in [0, 0.05) is 11.0 Å². The van der Waals surface area contributed by atoms with Crippen LogP contribution in [0, 0.1) is 6.92 Å². The number of esters is 1. The Morgan fingerprint density at radius 1 is 1.22 bits per heavy atom. The van der Waals surface area contributed by atoms with E-state index in [1.54, 1.807) is 25.1 Å². The molecule has 0 aliphatic carbocycles. The van der Waals surface area contributed by atoms with Crippen LogP contribution in [0.15, 0.2) is 42.5 Å². The second-order valence-corrected chi connectivity index (χ2v) is 5.30. The highest BCUT2D eigenvalue weighted by molar-refractivity contribution is 6.04. The summed E-state index contributed by atoms with van der Waals surface area (Å²) in [6.45, 7) is 7.17. The first-order valence-corrected chi connectivity index (χ1v) is 7.24. The Morgan fingerprint density at radius 3 is 2.65 bits per heavy atom. The molecule has 23 heavy (non-hydrogen) atoms. The molecule has 0 spiro atoms. The summed E-state index contributed by atoms with van der Waals surface area (Å²) in [5.41, 5.74) is 1.52. The fourth-order valence-corrected chi connectivity index (χ4v) is 2.21. The molecule has 0 aliphatic heterocycles. The van der Waals surface area contributed by atoms with Gasteiger partial charge in [-0.1, -0.05) is 30.8 Å². The van der Waals surface area contributed by atoms with Gasteiger partial charge < -0.3 is 15.2 Å². The van der Waals surface area contributed by atoms with Gasteiger partial charge in [0.05, 0.1) is 12.1 Å². The van der Waals surface area contributed by atoms with Crippen molar-refractivity contribution in [2.45, 2.75) is 13.8 Å². The maximum absolute atomic E-state index is 12.1. The van der Waals surface area contributed by atoms with Crippen LogP contribution in [0.3, 0.4) is 0 Å². The first kappa shape index (κ1) is 16.5. The van der Waals surface area contributed by atoms with Crippen LogP contribution in [-0.4, -0.2) is 30.1 Å². The van der Waals surface area contributed by atoms with Crippen LogP contribution in [0.1, 0.15) is 22.8 Å². The van der Waals surface area contributed by atoms with Gasteiger partial charge in [-0.15, -0.1) is 0 Å². The zero-order valence-electron chi connectivity index (χ0n) is 13.2. The van der Waals surface area contributed by atoms with E-state index in [1.807, 2.05) is 19.1 Å². The SMILES string of the molecule is C=C(C)C(=O)OCCNC(=O)c1ccc2c(C)cccc2c1O. The van der Waals surface area contributed by atoms with E-state index in [-0.39, 0.29) is 24.5 Å². The molecule has 2 N–H and O–H groups in total. The fourth-order valence-electron chi connectivity index (χ4n) is 2.21. The molecule has 1 amide bonds. The van der Waals surface area contributed by atoms with Crippen LogP contribution >= 0.6 is 0 Å². The van der Waals surface area contributed by atoms with Crippen molar-refractivity contribution in [2.24, 2.45) is 0 Å². The van der Waals surface area contributed by atoms with Crippen molar-refractivity contribution in [1.29, 1.82) is 0 Å². The first-order chi connectivity index (χ1) is 10.9. The molecule has 0 heterocycles. The standard InChI is InChI=1S/C18H19NO4/c1-11(2)18(22)23-10-9-19-17(21)15-8-7-13-12(3)5-4-6-14(13)16(15)20/h4-8,20H,1,9-10H2,2-3H3,(H,19,21). The molecule has 0 radical (unpaired) electrons. The van der Waals surface area contributed by atoms with Gasteiger partial charge in [0.2, 0.25) is 0 Å². The average Bonchev–Trinajstić information content (AvgIpc) is 2.52. The summed E-state index contributed by atoms with van der Waals surface area (Å²) in [5, 5.41) is 14.4. The molecule has 2 aromatic rings. The summed E-state index contributed by atoms with van der Waals surface area (Å²) in [4.78, 5) is 23.4. The number of aryl methyl sites for hydroxylation is 1. The quantitative estimate of drug-likeness (QED) is 0.505. The highest BCUT2D eigenvalue weighted by Gasteiger charge is 2.14. The predicted molar refractivity (Wildman–Crippen MR) is 88.5 cm³/mol. The minimum absolute atomic E-state index is 0.0465. The summed E-state index contributed by atoms with van der Waals surface area (Å²) < 4.78 is 4.89. The lowest BCUT2D eigenvalue weighted by Crippen LogP contribution is -2.28. The van der Waals surface area contributed by atoms with Crippen LogP contribution in [0.4, 0.5) is 0 Å². The van der Waals surface area contributed by atoms with Crippen LogP contribution in [0.5, 0.6) is 5.75 Å². The van der Waals surface area contributed by atoms with Gasteiger partial charge in [-0.05, 0) is 30.9 Å². The second-order valence-electron chi connectivity index (χ2n) is 5.30. The summed E-state index contributed by atoms with van der Waals surface area (Å²) in [6, 6.07) is 8.93. The number of nitrogens with one attached hydrogen (secondary N) is 1. The minimum Gasteiger partial charge on any atom is -0.506 e. The highest BCUT2D eigenvalue weighted by Crippen LogP contribution is 2.30. The predicted octanol–water partition coefficient (Wildman–Crippen LogP) is 2.70. The van der Waals surface area contributed by atoms with E-state index < -0.39 is 11.9 Å². The van der Waals surface area contributed by atoms with E-state index >= 15 is 0 Å². The van der Waals surface area contributed by atoms with Crippen molar-refractivity contribution >= 4 is 22.6 Å². The molecule has 2 rings (SSSR count). The maximum atomic E-state index is 12.1. The smallest absolute Gasteiger partial charge is 0.333 e. The van der Waals surface area contributed by atoms with Crippen molar-refractivity contribution in [3.8, 4) is 5.75 Å². The van der Waals surface area contributed by atoms with E-state index in [1.165, 1.54) is 0 Å². The van der Waals surface area contributed by atoms with Gasteiger partial charge in [-0.3, -0.25) is 4.79 Å². The lowest BCUT2D eigenvalue weighted by molar-refractivity contribution is -0.138. The van der Waals surface area contributed by atoms with Crippen molar-refractivity contribution in [1.82, 2.24) is 5.32 Å². The first-order valence-electron chi connectivity index (χ1n) is 7.24. The number of benzene rings is 2. The van der Waals surface area contributed by atoms with Crippen LogP contribution in [0.2, 0.25) is 0 Å². The molecule has 0 atom stereocenters. The van der Waals surface area contributed by atoms with Crippen molar-refractivity contribution in [3.05, 3.63) is 53.6 Å². The molecule has 0 unspecified atom stereocenters. The number of phenolic OH excluding ortho intramolecular Hbond substituents is 1. The summed E-state index contributed by atoms with van der Waals surface area (Å²) in [5.74, 6) is -0.969. The lowest BCUT2D eigenvalue weighted by Gasteiger charge is -2.10. The van der Waals surface area contributed by atoms with Gasteiger partial charge in [0.15, 0.2) is 0 Å². The fraction of sp³-hybridized carbons (Fsp3) is 0.222. The number of fused-ring (bicyclic) bond motifs is 1. The largest absolute Gasteiger partial charge is 0.506 e. The molecule has 0 fully saturated rings. The normalized spacial score (nSPS) is 10.3. The minimum atomic E-state index is -0.497. The molecule has 5 nitrogen and oxygen atoms in total. The summed E-state index contributed by atoms with van der Waals surface area (Å²) in [7, 11) is 0. The number of ether oxygens (including phenoxy) is 1. The molecule has 2 aromatic carbocycles. The van der Waals surface area contributed by atoms with Gasteiger partial charge in [0.25, 0.3) is 5.91 Å². The van der Waals surface area contributed by atoms with E-state index in [0.717, 1.165) is 10.9 Å². The molecule has 0 bridgehead atoms. The Bertz CT molecular complexity index is 780. The molecule has 120 valence electrons. The zero-order chi connectivity index (χ0) is 17.0. The van der Waals surface area contributed by atoms with Gasteiger partial charge >= 0.3 is 5.97 Å². The Labute approximate surface area is 134 Å². The third-order valence-corrected chi connectivity index (χ3v) is 3.46. The summed E-state index contributed by atoms with van der Waals surface area (Å²) >= 11 is 0. The van der Waals surface area contributed by atoms with Crippen LogP contribution in [-0.2, 0) is 9.53 Å².